The van der Waals surface area contributed by atoms with Gasteiger partial charge >= 0.3 is 0 Å². The molecule has 0 spiro atoms. The van der Waals surface area contributed by atoms with Crippen molar-refractivity contribution in [2.24, 2.45) is 11.8 Å². The molecule has 3 rings (SSSR count). The molecule has 1 saturated carbocycles. The number of pyridine rings is 1. The van der Waals surface area contributed by atoms with Crippen LogP contribution in [0.15, 0.2) is 24.4 Å². The minimum atomic E-state index is 0.294. The Morgan fingerprint density at radius 2 is 2.13 bits per heavy atom. The molecule has 1 aliphatic rings. The van der Waals surface area contributed by atoms with Gasteiger partial charge in [0.2, 0.25) is 0 Å². The van der Waals surface area contributed by atoms with Gasteiger partial charge in [0.15, 0.2) is 0 Å². The van der Waals surface area contributed by atoms with Crippen LogP contribution in [0.1, 0.15) is 64.2 Å². The first-order valence-corrected chi connectivity index (χ1v) is 10.0. The van der Waals surface area contributed by atoms with Crippen LogP contribution in [0.2, 0.25) is 0 Å². The normalized spacial score (nSPS) is 28.3. The first-order chi connectivity index (χ1) is 11.1. The van der Waals surface area contributed by atoms with Crippen LogP contribution in [-0.4, -0.2) is 10.5 Å². The summed E-state index contributed by atoms with van der Waals surface area (Å²) in [5, 5.41) is 5.19. The highest BCUT2D eigenvalue weighted by Crippen LogP contribution is 2.40. The largest absolute Gasteiger partial charge is 0.307 e. The topological polar surface area (TPSA) is 24.9 Å². The molecule has 3 heteroatoms. The second kappa shape index (κ2) is 7.31. The van der Waals surface area contributed by atoms with Crippen molar-refractivity contribution in [1.29, 1.82) is 0 Å². The summed E-state index contributed by atoms with van der Waals surface area (Å²) in [5.41, 5.74) is 0.294. The number of thiophene rings is 1. The van der Waals surface area contributed by atoms with Gasteiger partial charge in [-0.25, -0.2) is 4.98 Å². The van der Waals surface area contributed by atoms with E-state index in [2.05, 4.69) is 43.2 Å². The standard InChI is InChI=1S/C20H30N2S/c1-4-7-16-10-15(5-2)12-20(3,13-16)22-14-18-11-17-8-6-9-21-19(17)23-18/h6,8-9,11,15-16,22H,4-5,7,10,12-14H2,1-3H3. The molecular weight excluding hydrogens is 300 g/mol. The van der Waals surface area contributed by atoms with E-state index in [1.165, 1.54) is 48.8 Å². The maximum absolute atomic E-state index is 4.47. The van der Waals surface area contributed by atoms with Crippen LogP contribution in [0.3, 0.4) is 0 Å². The molecule has 0 amide bonds. The van der Waals surface area contributed by atoms with Crippen LogP contribution in [0, 0.1) is 11.8 Å². The predicted octanol–water partition coefficient (Wildman–Crippen LogP) is 5.77. The van der Waals surface area contributed by atoms with Crippen molar-refractivity contribution < 1.29 is 0 Å². The van der Waals surface area contributed by atoms with Gasteiger partial charge in [0.05, 0.1) is 0 Å². The molecule has 126 valence electrons. The van der Waals surface area contributed by atoms with Crippen molar-refractivity contribution in [2.75, 3.05) is 0 Å². The van der Waals surface area contributed by atoms with E-state index in [4.69, 9.17) is 0 Å². The zero-order valence-corrected chi connectivity index (χ0v) is 15.6. The quantitative estimate of drug-likeness (QED) is 0.727. The highest BCUT2D eigenvalue weighted by atomic mass is 32.1. The molecule has 2 aromatic heterocycles. The number of nitrogens with one attached hydrogen (secondary N) is 1. The number of fused-ring (bicyclic) bond motifs is 1. The molecule has 3 atom stereocenters. The molecule has 23 heavy (non-hydrogen) atoms. The van der Waals surface area contributed by atoms with Crippen molar-refractivity contribution in [3.63, 3.8) is 0 Å². The van der Waals surface area contributed by atoms with Gasteiger partial charge < -0.3 is 5.32 Å². The molecule has 1 N–H and O–H groups in total. The second-order valence-electron chi connectivity index (χ2n) is 7.60. The van der Waals surface area contributed by atoms with Gasteiger partial charge in [-0.15, -0.1) is 11.3 Å². The van der Waals surface area contributed by atoms with Gasteiger partial charge in [-0.2, -0.15) is 0 Å². The summed E-state index contributed by atoms with van der Waals surface area (Å²) in [7, 11) is 0. The first kappa shape index (κ1) is 16.9. The first-order valence-electron chi connectivity index (χ1n) is 9.20. The van der Waals surface area contributed by atoms with E-state index >= 15 is 0 Å². The molecule has 2 heterocycles. The molecule has 3 unspecified atom stereocenters. The van der Waals surface area contributed by atoms with Gasteiger partial charge in [-0.1, -0.05) is 39.2 Å². The second-order valence-corrected chi connectivity index (χ2v) is 8.71. The maximum atomic E-state index is 4.47. The lowest BCUT2D eigenvalue weighted by Gasteiger charge is -2.43. The molecule has 0 radical (unpaired) electrons. The molecule has 2 aromatic rings. The van der Waals surface area contributed by atoms with Gasteiger partial charge in [0, 0.05) is 28.5 Å². The molecule has 0 saturated heterocycles. The van der Waals surface area contributed by atoms with Gasteiger partial charge in [-0.05, 0) is 50.2 Å². The van der Waals surface area contributed by atoms with Crippen LogP contribution >= 0.6 is 11.3 Å². The Morgan fingerprint density at radius 3 is 2.87 bits per heavy atom. The third kappa shape index (κ3) is 4.13. The Morgan fingerprint density at radius 1 is 1.30 bits per heavy atom. The summed E-state index contributed by atoms with van der Waals surface area (Å²) >= 11 is 1.83. The van der Waals surface area contributed by atoms with E-state index in [1.807, 2.05) is 23.6 Å². The molecular formula is C20H30N2S. The Balaban J connectivity index is 1.67. The summed E-state index contributed by atoms with van der Waals surface area (Å²) in [6.45, 7) is 8.11. The Labute approximate surface area is 144 Å². The van der Waals surface area contributed by atoms with Crippen LogP contribution in [0.25, 0.3) is 10.2 Å². The fourth-order valence-corrected chi connectivity index (χ4v) is 5.33. The van der Waals surface area contributed by atoms with Crippen LogP contribution in [0.4, 0.5) is 0 Å². The van der Waals surface area contributed by atoms with Crippen molar-refractivity contribution in [1.82, 2.24) is 10.3 Å². The third-order valence-electron chi connectivity index (χ3n) is 5.45. The minimum absolute atomic E-state index is 0.294. The van der Waals surface area contributed by atoms with Gasteiger partial charge in [0.1, 0.15) is 4.83 Å². The highest BCUT2D eigenvalue weighted by Gasteiger charge is 2.35. The van der Waals surface area contributed by atoms with Crippen molar-refractivity contribution >= 4 is 21.6 Å². The lowest BCUT2D eigenvalue weighted by Crippen LogP contribution is -2.48. The Hall–Kier alpha value is -0.930. The van der Waals surface area contributed by atoms with Crippen molar-refractivity contribution in [3.8, 4) is 0 Å². The third-order valence-corrected chi connectivity index (χ3v) is 6.51. The van der Waals surface area contributed by atoms with Crippen LogP contribution < -0.4 is 5.32 Å². The predicted molar refractivity (Wildman–Crippen MR) is 101 cm³/mol. The van der Waals surface area contributed by atoms with Crippen LogP contribution in [-0.2, 0) is 6.54 Å². The molecule has 1 fully saturated rings. The fraction of sp³-hybridized carbons (Fsp3) is 0.650. The Kier molecular flexibility index (Phi) is 5.38. The van der Waals surface area contributed by atoms with E-state index in [0.29, 0.717) is 5.54 Å². The molecule has 1 aliphatic carbocycles. The fourth-order valence-electron chi connectivity index (χ4n) is 4.39. The summed E-state index contributed by atoms with van der Waals surface area (Å²) < 4.78 is 0. The monoisotopic (exact) mass is 330 g/mol. The van der Waals surface area contributed by atoms with E-state index in [0.717, 1.165) is 23.2 Å². The maximum Gasteiger partial charge on any atom is 0.123 e. The van der Waals surface area contributed by atoms with Gasteiger partial charge in [-0.3, -0.25) is 0 Å². The van der Waals surface area contributed by atoms with E-state index in [1.54, 1.807) is 0 Å². The average Bonchev–Trinajstić information content (AvgIpc) is 2.96. The zero-order chi connectivity index (χ0) is 16.3. The summed E-state index contributed by atoms with van der Waals surface area (Å²) in [6.07, 6.45) is 10.0. The lowest BCUT2D eigenvalue weighted by atomic mass is 9.69. The number of aromatic nitrogens is 1. The average molecular weight is 331 g/mol. The molecule has 0 aromatic carbocycles. The number of rotatable bonds is 6. The minimum Gasteiger partial charge on any atom is -0.307 e. The summed E-state index contributed by atoms with van der Waals surface area (Å²) in [5.74, 6) is 1.79. The lowest BCUT2D eigenvalue weighted by molar-refractivity contribution is 0.132. The summed E-state index contributed by atoms with van der Waals surface area (Å²) in [6, 6.07) is 6.48. The van der Waals surface area contributed by atoms with E-state index < -0.39 is 0 Å². The number of nitrogens with zero attached hydrogens (tertiary/aromatic N) is 1. The van der Waals surface area contributed by atoms with Gasteiger partial charge in [0.25, 0.3) is 0 Å². The highest BCUT2D eigenvalue weighted by molar-refractivity contribution is 7.18. The smallest absolute Gasteiger partial charge is 0.123 e. The molecule has 0 bridgehead atoms. The molecule has 0 aliphatic heterocycles. The van der Waals surface area contributed by atoms with E-state index in [-0.39, 0.29) is 0 Å². The summed E-state index contributed by atoms with van der Waals surface area (Å²) in [4.78, 5) is 7.03. The number of hydrogen-bond donors (Lipinski definition) is 1. The van der Waals surface area contributed by atoms with Crippen molar-refractivity contribution in [2.45, 2.75) is 71.4 Å². The van der Waals surface area contributed by atoms with Crippen LogP contribution in [0.5, 0.6) is 0 Å². The SMILES string of the molecule is CCCC1CC(CC)CC(C)(NCc2cc3cccnc3s2)C1. The number of hydrogen-bond acceptors (Lipinski definition) is 3. The Bertz CT molecular complexity index is 602. The zero-order valence-electron chi connectivity index (χ0n) is 14.8. The van der Waals surface area contributed by atoms with Crippen molar-refractivity contribution in [3.05, 3.63) is 29.3 Å². The van der Waals surface area contributed by atoms with E-state index in [9.17, 15) is 0 Å². The molecule has 2 nitrogen and oxygen atoms in total.